The van der Waals surface area contributed by atoms with Gasteiger partial charge in [0.1, 0.15) is 12.4 Å². The summed E-state index contributed by atoms with van der Waals surface area (Å²) in [4.78, 5) is 0. The first-order chi connectivity index (χ1) is 7.25. The predicted molar refractivity (Wildman–Crippen MR) is 62.5 cm³/mol. The maximum absolute atomic E-state index is 5.84. The number of anilines is 1. The predicted octanol–water partition coefficient (Wildman–Crippen LogP) is 2.73. The number of benzene rings is 1. The van der Waals surface area contributed by atoms with Crippen LogP contribution >= 0.6 is 11.6 Å². The van der Waals surface area contributed by atoms with Crippen molar-refractivity contribution in [3.63, 3.8) is 0 Å². The van der Waals surface area contributed by atoms with Crippen molar-refractivity contribution in [1.82, 2.24) is 0 Å². The third kappa shape index (κ3) is 3.98. The Morgan fingerprint density at radius 1 is 1.27 bits per heavy atom. The van der Waals surface area contributed by atoms with E-state index >= 15 is 0 Å². The first-order valence-corrected chi connectivity index (χ1v) is 5.38. The van der Waals surface area contributed by atoms with Crippen LogP contribution in [0.3, 0.4) is 0 Å². The Balaban J connectivity index is 2.34. The minimum atomic E-state index is 0.481. The number of hydrogen-bond acceptors (Lipinski definition) is 3. The van der Waals surface area contributed by atoms with Crippen LogP contribution < -0.4 is 10.5 Å². The average Bonchev–Trinajstić information content (AvgIpc) is 2.24. The Bertz CT molecular complexity index is 305. The van der Waals surface area contributed by atoms with Gasteiger partial charge in [-0.25, -0.2) is 0 Å². The lowest BCUT2D eigenvalue weighted by atomic mass is 10.3. The number of nitrogen functional groups attached to an aromatic ring is 1. The number of para-hydroxylation sites is 1. The van der Waals surface area contributed by atoms with Crippen molar-refractivity contribution >= 4 is 17.3 Å². The molecular formula is C11H16ClNO2. The molecule has 0 aromatic heterocycles. The molecule has 0 aliphatic heterocycles. The molecule has 0 spiro atoms. The highest BCUT2D eigenvalue weighted by molar-refractivity contribution is 6.33. The highest BCUT2D eigenvalue weighted by atomic mass is 35.5. The third-order valence-corrected chi connectivity index (χ3v) is 2.18. The molecule has 84 valence electrons. The van der Waals surface area contributed by atoms with Gasteiger partial charge in [0.25, 0.3) is 0 Å². The number of ether oxygens (including phenoxy) is 2. The largest absolute Gasteiger partial charge is 0.489 e. The number of nitrogens with two attached hydrogens (primary N) is 1. The monoisotopic (exact) mass is 229 g/mol. The maximum Gasteiger partial charge on any atom is 0.143 e. The van der Waals surface area contributed by atoms with Crippen molar-refractivity contribution in [2.45, 2.75) is 13.3 Å². The molecule has 0 aliphatic rings. The summed E-state index contributed by atoms with van der Waals surface area (Å²) >= 11 is 5.84. The van der Waals surface area contributed by atoms with E-state index < -0.39 is 0 Å². The maximum atomic E-state index is 5.84. The van der Waals surface area contributed by atoms with Gasteiger partial charge in [-0.15, -0.1) is 0 Å². The number of halogens is 1. The second-order valence-electron chi connectivity index (χ2n) is 3.11. The summed E-state index contributed by atoms with van der Waals surface area (Å²) in [7, 11) is 0. The Morgan fingerprint density at radius 2 is 2.07 bits per heavy atom. The summed E-state index contributed by atoms with van der Waals surface area (Å²) in [6, 6.07) is 5.33. The van der Waals surface area contributed by atoms with Crippen molar-refractivity contribution in [2.75, 3.05) is 25.6 Å². The van der Waals surface area contributed by atoms with Crippen LogP contribution in [0, 0.1) is 0 Å². The van der Waals surface area contributed by atoms with Gasteiger partial charge in [0.05, 0.1) is 17.3 Å². The smallest absolute Gasteiger partial charge is 0.143 e. The molecule has 0 unspecified atom stereocenters. The Labute approximate surface area is 95.1 Å². The van der Waals surface area contributed by atoms with Crippen LogP contribution in [0.15, 0.2) is 18.2 Å². The lowest BCUT2D eigenvalue weighted by Gasteiger charge is -2.09. The van der Waals surface area contributed by atoms with E-state index in [0.717, 1.165) is 13.0 Å². The topological polar surface area (TPSA) is 44.5 Å². The zero-order valence-corrected chi connectivity index (χ0v) is 9.59. The van der Waals surface area contributed by atoms with Crippen LogP contribution in [0.1, 0.15) is 13.3 Å². The molecule has 1 aromatic rings. The van der Waals surface area contributed by atoms with Gasteiger partial charge in [0.15, 0.2) is 0 Å². The zero-order valence-electron chi connectivity index (χ0n) is 8.83. The molecule has 0 heterocycles. The highest BCUT2D eigenvalue weighted by Gasteiger charge is 2.03. The lowest BCUT2D eigenvalue weighted by molar-refractivity contribution is 0.101. The molecule has 15 heavy (non-hydrogen) atoms. The fourth-order valence-electron chi connectivity index (χ4n) is 1.10. The second kappa shape index (κ2) is 6.53. The average molecular weight is 230 g/mol. The molecule has 4 heteroatoms. The molecule has 0 radical (unpaired) electrons. The van der Waals surface area contributed by atoms with Crippen LogP contribution in [-0.4, -0.2) is 19.8 Å². The van der Waals surface area contributed by atoms with E-state index in [9.17, 15) is 0 Å². The van der Waals surface area contributed by atoms with Crippen molar-refractivity contribution < 1.29 is 9.47 Å². The van der Waals surface area contributed by atoms with Crippen LogP contribution in [-0.2, 0) is 4.74 Å². The van der Waals surface area contributed by atoms with Gasteiger partial charge in [-0.1, -0.05) is 24.6 Å². The number of hydrogen-bond donors (Lipinski definition) is 1. The molecule has 0 aliphatic carbocycles. The summed E-state index contributed by atoms with van der Waals surface area (Å²) < 4.78 is 10.7. The second-order valence-corrected chi connectivity index (χ2v) is 3.52. The van der Waals surface area contributed by atoms with E-state index in [1.807, 2.05) is 0 Å². The van der Waals surface area contributed by atoms with Gasteiger partial charge in [0, 0.05) is 6.61 Å². The molecule has 2 N–H and O–H groups in total. The SMILES string of the molecule is CCCOCCOc1cccc(Cl)c1N. The van der Waals surface area contributed by atoms with Crippen LogP contribution in [0.25, 0.3) is 0 Å². The van der Waals surface area contributed by atoms with E-state index in [4.69, 9.17) is 26.8 Å². The standard InChI is InChI=1S/C11H16ClNO2/c1-2-6-14-7-8-15-10-5-3-4-9(12)11(10)13/h3-5H,2,6-8,13H2,1H3. The summed E-state index contributed by atoms with van der Waals surface area (Å²) in [6.07, 6.45) is 1.01. The molecule has 0 atom stereocenters. The normalized spacial score (nSPS) is 10.3. The molecule has 0 saturated heterocycles. The fraction of sp³-hybridized carbons (Fsp3) is 0.455. The summed E-state index contributed by atoms with van der Waals surface area (Å²) in [5.74, 6) is 0.614. The molecule has 0 bridgehead atoms. The first kappa shape index (κ1) is 12.1. The quantitative estimate of drug-likeness (QED) is 0.603. The summed E-state index contributed by atoms with van der Waals surface area (Å²) in [6.45, 7) is 3.88. The Hall–Kier alpha value is -0.930. The zero-order chi connectivity index (χ0) is 11.1. The molecule has 1 rings (SSSR count). The molecular weight excluding hydrogens is 214 g/mol. The molecule has 1 aromatic carbocycles. The lowest BCUT2D eigenvalue weighted by Crippen LogP contribution is -2.08. The Morgan fingerprint density at radius 3 is 2.80 bits per heavy atom. The highest BCUT2D eigenvalue weighted by Crippen LogP contribution is 2.28. The molecule has 0 fully saturated rings. The minimum absolute atomic E-state index is 0.481. The van der Waals surface area contributed by atoms with Crippen LogP contribution in [0.4, 0.5) is 5.69 Å². The fourth-order valence-corrected chi connectivity index (χ4v) is 1.27. The van der Waals surface area contributed by atoms with E-state index in [1.165, 1.54) is 0 Å². The van der Waals surface area contributed by atoms with Gasteiger partial charge in [0.2, 0.25) is 0 Å². The summed E-state index contributed by atoms with van der Waals surface area (Å²) in [5, 5.41) is 0.516. The summed E-state index contributed by atoms with van der Waals surface area (Å²) in [5.41, 5.74) is 6.21. The van der Waals surface area contributed by atoms with Crippen molar-refractivity contribution in [3.05, 3.63) is 23.2 Å². The molecule has 0 saturated carbocycles. The molecule has 0 amide bonds. The van der Waals surface area contributed by atoms with Gasteiger partial charge in [-0.2, -0.15) is 0 Å². The number of rotatable bonds is 6. The van der Waals surface area contributed by atoms with Crippen LogP contribution in [0.2, 0.25) is 5.02 Å². The van der Waals surface area contributed by atoms with Crippen molar-refractivity contribution in [3.8, 4) is 5.75 Å². The van der Waals surface area contributed by atoms with E-state index in [1.54, 1.807) is 18.2 Å². The Kier molecular flexibility index (Phi) is 5.29. The van der Waals surface area contributed by atoms with Gasteiger partial charge in [-0.05, 0) is 18.6 Å². The van der Waals surface area contributed by atoms with Gasteiger partial charge in [-0.3, -0.25) is 0 Å². The minimum Gasteiger partial charge on any atom is -0.489 e. The van der Waals surface area contributed by atoms with Gasteiger partial charge >= 0.3 is 0 Å². The van der Waals surface area contributed by atoms with Gasteiger partial charge < -0.3 is 15.2 Å². The van der Waals surface area contributed by atoms with E-state index in [-0.39, 0.29) is 0 Å². The first-order valence-electron chi connectivity index (χ1n) is 5.00. The van der Waals surface area contributed by atoms with Crippen LogP contribution in [0.5, 0.6) is 5.75 Å². The van der Waals surface area contributed by atoms with Crippen molar-refractivity contribution in [1.29, 1.82) is 0 Å². The van der Waals surface area contributed by atoms with Crippen molar-refractivity contribution in [2.24, 2.45) is 0 Å². The van der Waals surface area contributed by atoms with E-state index in [2.05, 4.69) is 6.92 Å². The third-order valence-electron chi connectivity index (χ3n) is 1.85. The van der Waals surface area contributed by atoms with E-state index in [0.29, 0.717) is 29.7 Å². The molecule has 3 nitrogen and oxygen atoms in total.